The van der Waals surface area contributed by atoms with Crippen LogP contribution in [-0.2, 0) is 9.53 Å². The summed E-state index contributed by atoms with van der Waals surface area (Å²) in [6.45, 7) is 8.53. The zero-order valence-electron chi connectivity index (χ0n) is 13.2. The van der Waals surface area contributed by atoms with Gasteiger partial charge in [-0.1, -0.05) is 6.92 Å². The van der Waals surface area contributed by atoms with Crippen molar-refractivity contribution in [3.63, 3.8) is 0 Å². The molecule has 2 heterocycles. The second kappa shape index (κ2) is 7.11. The van der Waals surface area contributed by atoms with E-state index in [1.165, 1.54) is 0 Å². The Morgan fingerprint density at radius 1 is 1.05 bits per heavy atom. The van der Waals surface area contributed by atoms with Crippen molar-refractivity contribution < 1.29 is 14.3 Å². The van der Waals surface area contributed by atoms with Crippen molar-refractivity contribution in [2.24, 2.45) is 5.41 Å². The van der Waals surface area contributed by atoms with Crippen LogP contribution in [0.3, 0.4) is 0 Å². The van der Waals surface area contributed by atoms with Gasteiger partial charge in [-0.15, -0.1) is 0 Å². The number of hydrogen-bond donors (Lipinski definition) is 1. The second-order valence-electron chi connectivity index (χ2n) is 5.86. The molecule has 2 aliphatic heterocycles. The predicted molar refractivity (Wildman–Crippen MR) is 80.0 cm³/mol. The molecule has 120 valence electrons. The molecule has 0 bridgehead atoms. The fourth-order valence-electron chi connectivity index (χ4n) is 3.27. The molecule has 0 unspecified atom stereocenters. The number of nitrogens with one attached hydrogen (secondary N) is 1. The summed E-state index contributed by atoms with van der Waals surface area (Å²) in [4.78, 5) is 28.2. The molecule has 0 aromatic heterocycles. The van der Waals surface area contributed by atoms with Crippen molar-refractivity contribution in [2.75, 3.05) is 45.9 Å². The summed E-state index contributed by atoms with van der Waals surface area (Å²) < 4.78 is 5.01. The predicted octanol–water partition coefficient (Wildman–Crippen LogP) is 1.07. The maximum absolute atomic E-state index is 12.9. The first-order valence-corrected chi connectivity index (χ1v) is 8.05. The minimum Gasteiger partial charge on any atom is -0.450 e. The molecule has 21 heavy (non-hydrogen) atoms. The molecular formula is C15H27N3O3. The van der Waals surface area contributed by atoms with Gasteiger partial charge in [-0.25, -0.2) is 4.79 Å². The highest BCUT2D eigenvalue weighted by atomic mass is 16.6. The molecule has 0 aromatic rings. The maximum atomic E-state index is 12.9. The topological polar surface area (TPSA) is 61.9 Å². The molecule has 6 heteroatoms. The molecule has 2 amide bonds. The first kappa shape index (κ1) is 16.1. The number of amides is 2. The Morgan fingerprint density at radius 3 is 2.14 bits per heavy atom. The van der Waals surface area contributed by atoms with Gasteiger partial charge in [0, 0.05) is 26.2 Å². The maximum Gasteiger partial charge on any atom is 0.409 e. The molecule has 2 fully saturated rings. The third-order valence-electron chi connectivity index (χ3n) is 4.78. The molecule has 0 atom stereocenters. The summed E-state index contributed by atoms with van der Waals surface area (Å²) in [7, 11) is 0. The average Bonchev–Trinajstić information content (AvgIpc) is 2.55. The summed E-state index contributed by atoms with van der Waals surface area (Å²) in [5.74, 6) is 0.273. The molecule has 0 saturated carbocycles. The minimum absolute atomic E-state index is 0.197. The van der Waals surface area contributed by atoms with E-state index in [-0.39, 0.29) is 17.4 Å². The van der Waals surface area contributed by atoms with Crippen LogP contribution in [0.4, 0.5) is 4.79 Å². The number of carbonyl (C=O) groups is 2. The average molecular weight is 297 g/mol. The second-order valence-corrected chi connectivity index (χ2v) is 5.86. The highest BCUT2D eigenvalue weighted by Crippen LogP contribution is 2.35. The van der Waals surface area contributed by atoms with Crippen molar-refractivity contribution >= 4 is 12.0 Å². The number of piperazine rings is 1. The van der Waals surface area contributed by atoms with Crippen molar-refractivity contribution in [2.45, 2.75) is 33.1 Å². The van der Waals surface area contributed by atoms with Crippen LogP contribution in [0.25, 0.3) is 0 Å². The number of ether oxygens (including phenoxy) is 1. The lowest BCUT2D eigenvalue weighted by atomic mass is 9.75. The van der Waals surface area contributed by atoms with Gasteiger partial charge in [0.2, 0.25) is 5.91 Å². The van der Waals surface area contributed by atoms with Gasteiger partial charge in [0.15, 0.2) is 0 Å². The molecule has 1 N–H and O–H groups in total. The third-order valence-corrected chi connectivity index (χ3v) is 4.78. The van der Waals surface area contributed by atoms with Crippen LogP contribution in [0.15, 0.2) is 0 Å². The Bertz CT molecular complexity index is 372. The van der Waals surface area contributed by atoms with Crippen molar-refractivity contribution in [3.05, 3.63) is 0 Å². The van der Waals surface area contributed by atoms with Crippen molar-refractivity contribution in [3.8, 4) is 0 Å². The van der Waals surface area contributed by atoms with Gasteiger partial charge >= 0.3 is 6.09 Å². The number of rotatable bonds is 3. The van der Waals surface area contributed by atoms with Gasteiger partial charge in [-0.2, -0.15) is 0 Å². The molecule has 6 nitrogen and oxygen atoms in total. The Balaban J connectivity index is 1.91. The lowest BCUT2D eigenvalue weighted by Crippen LogP contribution is -2.56. The summed E-state index contributed by atoms with van der Waals surface area (Å²) in [5.41, 5.74) is -0.197. The fraction of sp³-hybridized carbons (Fsp3) is 0.867. The number of hydrogen-bond acceptors (Lipinski definition) is 4. The quantitative estimate of drug-likeness (QED) is 0.846. The van der Waals surface area contributed by atoms with E-state index in [1.54, 1.807) is 11.8 Å². The summed E-state index contributed by atoms with van der Waals surface area (Å²) in [6.07, 6.45) is 2.46. The van der Waals surface area contributed by atoms with E-state index in [9.17, 15) is 9.59 Å². The smallest absolute Gasteiger partial charge is 0.409 e. The Morgan fingerprint density at radius 2 is 1.62 bits per heavy atom. The van der Waals surface area contributed by atoms with Crippen LogP contribution in [0.5, 0.6) is 0 Å². The van der Waals surface area contributed by atoms with Crippen LogP contribution in [0, 0.1) is 5.41 Å². The van der Waals surface area contributed by atoms with Crippen LogP contribution >= 0.6 is 0 Å². The van der Waals surface area contributed by atoms with Gasteiger partial charge in [-0.05, 0) is 39.3 Å². The third kappa shape index (κ3) is 3.48. The van der Waals surface area contributed by atoms with E-state index in [1.807, 2.05) is 4.90 Å². The van der Waals surface area contributed by atoms with E-state index in [2.05, 4.69) is 12.2 Å². The molecule has 2 aliphatic rings. The summed E-state index contributed by atoms with van der Waals surface area (Å²) >= 11 is 0. The molecule has 0 radical (unpaired) electrons. The molecular weight excluding hydrogens is 270 g/mol. The Labute approximate surface area is 126 Å². The van der Waals surface area contributed by atoms with E-state index in [0.717, 1.165) is 32.4 Å². The Hall–Kier alpha value is -1.30. The van der Waals surface area contributed by atoms with Gasteiger partial charge < -0.3 is 19.9 Å². The molecule has 0 aromatic carbocycles. The van der Waals surface area contributed by atoms with E-state index >= 15 is 0 Å². The van der Waals surface area contributed by atoms with Crippen LogP contribution in [0.2, 0.25) is 0 Å². The normalized spacial score (nSPS) is 22.0. The van der Waals surface area contributed by atoms with E-state index in [0.29, 0.717) is 32.8 Å². The zero-order chi connectivity index (χ0) is 15.3. The largest absolute Gasteiger partial charge is 0.450 e. The SMILES string of the molecule is CCOC(=O)N1CCN(C(=O)C2(CC)CCNCC2)CC1. The van der Waals surface area contributed by atoms with Gasteiger partial charge in [-0.3, -0.25) is 4.79 Å². The number of piperidine rings is 1. The molecule has 0 spiro atoms. The standard InChI is InChI=1S/C15H27N3O3/c1-3-15(5-7-16-8-6-15)13(19)17-9-11-18(12-10-17)14(20)21-4-2/h16H,3-12H2,1-2H3. The van der Waals surface area contributed by atoms with Crippen molar-refractivity contribution in [1.82, 2.24) is 15.1 Å². The highest BCUT2D eigenvalue weighted by molar-refractivity contribution is 5.83. The molecule has 0 aliphatic carbocycles. The monoisotopic (exact) mass is 297 g/mol. The highest BCUT2D eigenvalue weighted by Gasteiger charge is 2.41. The Kier molecular flexibility index (Phi) is 5.45. The lowest BCUT2D eigenvalue weighted by molar-refractivity contribution is -0.145. The van der Waals surface area contributed by atoms with Crippen LogP contribution < -0.4 is 5.32 Å². The van der Waals surface area contributed by atoms with Crippen LogP contribution in [0.1, 0.15) is 33.1 Å². The first-order valence-electron chi connectivity index (χ1n) is 8.05. The molecule has 2 rings (SSSR count). The zero-order valence-corrected chi connectivity index (χ0v) is 13.2. The summed E-state index contributed by atoms with van der Waals surface area (Å²) in [6, 6.07) is 0. The van der Waals surface area contributed by atoms with E-state index in [4.69, 9.17) is 4.74 Å². The minimum atomic E-state index is -0.267. The van der Waals surface area contributed by atoms with Gasteiger partial charge in [0.25, 0.3) is 0 Å². The summed E-state index contributed by atoms with van der Waals surface area (Å²) in [5, 5.41) is 3.33. The molecule has 2 saturated heterocycles. The number of carbonyl (C=O) groups excluding carboxylic acids is 2. The van der Waals surface area contributed by atoms with Gasteiger partial charge in [0.05, 0.1) is 12.0 Å². The fourth-order valence-corrected chi connectivity index (χ4v) is 3.27. The first-order chi connectivity index (χ1) is 10.1. The van der Waals surface area contributed by atoms with E-state index < -0.39 is 0 Å². The number of nitrogens with zero attached hydrogens (tertiary/aromatic N) is 2. The van der Waals surface area contributed by atoms with Crippen LogP contribution in [-0.4, -0.2) is 67.7 Å². The van der Waals surface area contributed by atoms with Crippen molar-refractivity contribution in [1.29, 1.82) is 0 Å². The van der Waals surface area contributed by atoms with Gasteiger partial charge in [0.1, 0.15) is 0 Å². The lowest BCUT2D eigenvalue weighted by Gasteiger charge is -2.42.